The Labute approximate surface area is 84.2 Å². The van der Waals surface area contributed by atoms with E-state index in [2.05, 4.69) is 0 Å². The van der Waals surface area contributed by atoms with Crippen LogP contribution in [0.3, 0.4) is 0 Å². The van der Waals surface area contributed by atoms with Crippen LogP contribution in [0.4, 0.5) is 0 Å². The Morgan fingerprint density at radius 2 is 2.36 bits per heavy atom. The minimum atomic E-state index is -0.643. The summed E-state index contributed by atoms with van der Waals surface area (Å²) in [5.74, 6) is -0.184. The van der Waals surface area contributed by atoms with Crippen LogP contribution in [0.1, 0.15) is 39.0 Å². The van der Waals surface area contributed by atoms with Crippen LogP contribution in [0, 0.1) is 0 Å². The maximum Gasteiger partial charge on any atom is 0.305 e. The SMILES string of the molecule is CCOC(=O)CCC1CCCC(O)O1. The fraction of sp³-hybridized carbons (Fsp3) is 0.900. The summed E-state index contributed by atoms with van der Waals surface area (Å²) < 4.78 is 10.1. The standard InChI is InChI=1S/C10H18O4/c1-2-13-9(11)7-6-8-4-3-5-10(12)14-8/h8,10,12H,2-7H2,1H3. The van der Waals surface area contributed by atoms with E-state index in [0.29, 0.717) is 25.9 Å². The van der Waals surface area contributed by atoms with Gasteiger partial charge in [0.15, 0.2) is 6.29 Å². The molecule has 0 spiro atoms. The van der Waals surface area contributed by atoms with Crippen LogP contribution >= 0.6 is 0 Å². The number of hydrogen-bond donors (Lipinski definition) is 1. The molecule has 1 aliphatic rings. The number of esters is 1. The first-order valence-electron chi connectivity index (χ1n) is 5.21. The third-order valence-electron chi connectivity index (χ3n) is 2.30. The first kappa shape index (κ1) is 11.5. The van der Waals surface area contributed by atoms with Gasteiger partial charge in [-0.15, -0.1) is 0 Å². The molecule has 14 heavy (non-hydrogen) atoms. The molecule has 0 amide bonds. The van der Waals surface area contributed by atoms with Gasteiger partial charge in [-0.1, -0.05) is 0 Å². The Morgan fingerprint density at radius 1 is 1.57 bits per heavy atom. The van der Waals surface area contributed by atoms with Gasteiger partial charge in [-0.05, 0) is 32.6 Å². The molecule has 1 aliphatic heterocycles. The molecule has 0 aromatic rings. The summed E-state index contributed by atoms with van der Waals surface area (Å²) in [5.41, 5.74) is 0. The summed E-state index contributed by atoms with van der Waals surface area (Å²) in [6, 6.07) is 0. The average Bonchev–Trinajstić information content (AvgIpc) is 2.15. The number of ether oxygens (including phenoxy) is 2. The molecule has 1 fully saturated rings. The van der Waals surface area contributed by atoms with Gasteiger partial charge in [0, 0.05) is 6.42 Å². The minimum Gasteiger partial charge on any atom is -0.466 e. The Bertz CT molecular complexity index is 181. The predicted octanol–water partition coefficient (Wildman–Crippen LogP) is 1.22. The molecular weight excluding hydrogens is 184 g/mol. The first-order chi connectivity index (χ1) is 6.72. The second-order valence-corrected chi connectivity index (χ2v) is 3.49. The van der Waals surface area contributed by atoms with Crippen molar-refractivity contribution in [3.63, 3.8) is 0 Å². The van der Waals surface area contributed by atoms with Crippen LogP contribution in [-0.4, -0.2) is 30.1 Å². The lowest BCUT2D eigenvalue weighted by Gasteiger charge is -2.26. The molecule has 0 aromatic carbocycles. The number of carbonyl (C=O) groups excluding carboxylic acids is 1. The first-order valence-corrected chi connectivity index (χ1v) is 5.21. The molecule has 1 saturated heterocycles. The van der Waals surface area contributed by atoms with E-state index < -0.39 is 6.29 Å². The molecular formula is C10H18O4. The topological polar surface area (TPSA) is 55.8 Å². The van der Waals surface area contributed by atoms with Crippen LogP contribution in [0.25, 0.3) is 0 Å². The zero-order valence-electron chi connectivity index (χ0n) is 8.57. The van der Waals surface area contributed by atoms with E-state index in [1.54, 1.807) is 6.92 Å². The van der Waals surface area contributed by atoms with Gasteiger partial charge in [0.1, 0.15) is 0 Å². The number of rotatable bonds is 4. The Morgan fingerprint density at radius 3 is 3.00 bits per heavy atom. The molecule has 1 N–H and O–H groups in total. The highest BCUT2D eigenvalue weighted by Gasteiger charge is 2.21. The van der Waals surface area contributed by atoms with E-state index in [-0.39, 0.29) is 12.1 Å². The van der Waals surface area contributed by atoms with Crippen molar-refractivity contribution in [1.82, 2.24) is 0 Å². The average molecular weight is 202 g/mol. The summed E-state index contributed by atoms with van der Waals surface area (Å²) >= 11 is 0. The summed E-state index contributed by atoms with van der Waals surface area (Å²) in [5, 5.41) is 9.21. The van der Waals surface area contributed by atoms with Crippen molar-refractivity contribution in [2.75, 3.05) is 6.61 Å². The maximum absolute atomic E-state index is 11.0. The summed E-state index contributed by atoms with van der Waals surface area (Å²) in [4.78, 5) is 11.0. The molecule has 4 nitrogen and oxygen atoms in total. The quantitative estimate of drug-likeness (QED) is 0.696. The summed E-state index contributed by atoms with van der Waals surface area (Å²) in [6.07, 6.45) is 3.00. The molecule has 0 bridgehead atoms. The van der Waals surface area contributed by atoms with Crippen molar-refractivity contribution < 1.29 is 19.4 Å². The highest BCUT2D eigenvalue weighted by Crippen LogP contribution is 2.20. The van der Waals surface area contributed by atoms with E-state index in [1.807, 2.05) is 0 Å². The Kier molecular flexibility index (Phi) is 4.90. The fourth-order valence-electron chi connectivity index (χ4n) is 1.60. The van der Waals surface area contributed by atoms with Gasteiger partial charge in [0.2, 0.25) is 0 Å². The van der Waals surface area contributed by atoms with Crippen molar-refractivity contribution in [3.05, 3.63) is 0 Å². The van der Waals surface area contributed by atoms with Crippen LogP contribution in [0.15, 0.2) is 0 Å². The third-order valence-corrected chi connectivity index (χ3v) is 2.30. The van der Waals surface area contributed by atoms with E-state index in [9.17, 15) is 9.90 Å². The van der Waals surface area contributed by atoms with Gasteiger partial charge in [-0.3, -0.25) is 4.79 Å². The van der Waals surface area contributed by atoms with Crippen LogP contribution in [-0.2, 0) is 14.3 Å². The van der Waals surface area contributed by atoms with Gasteiger partial charge in [-0.2, -0.15) is 0 Å². The maximum atomic E-state index is 11.0. The summed E-state index contributed by atoms with van der Waals surface area (Å²) in [6.45, 7) is 2.21. The number of carbonyl (C=O) groups is 1. The largest absolute Gasteiger partial charge is 0.466 e. The minimum absolute atomic E-state index is 0.0168. The fourth-order valence-corrected chi connectivity index (χ4v) is 1.60. The molecule has 0 aliphatic carbocycles. The number of aliphatic hydroxyl groups excluding tert-OH is 1. The van der Waals surface area contributed by atoms with Crippen molar-refractivity contribution in [2.45, 2.75) is 51.4 Å². The molecule has 1 rings (SSSR count). The molecule has 0 radical (unpaired) electrons. The zero-order chi connectivity index (χ0) is 10.4. The molecule has 1 heterocycles. The number of aliphatic hydroxyl groups is 1. The molecule has 2 atom stereocenters. The second kappa shape index (κ2) is 5.98. The Balaban J connectivity index is 2.14. The highest BCUT2D eigenvalue weighted by atomic mass is 16.6. The van der Waals surface area contributed by atoms with Crippen LogP contribution in [0.5, 0.6) is 0 Å². The lowest BCUT2D eigenvalue weighted by atomic mass is 10.0. The molecule has 2 unspecified atom stereocenters. The Hall–Kier alpha value is -0.610. The van der Waals surface area contributed by atoms with Crippen molar-refractivity contribution in [3.8, 4) is 0 Å². The molecule has 82 valence electrons. The van der Waals surface area contributed by atoms with E-state index in [4.69, 9.17) is 9.47 Å². The van der Waals surface area contributed by atoms with Crippen molar-refractivity contribution in [2.24, 2.45) is 0 Å². The lowest BCUT2D eigenvalue weighted by molar-refractivity contribution is -0.167. The molecule has 0 aromatic heterocycles. The molecule has 0 saturated carbocycles. The van der Waals surface area contributed by atoms with E-state index in [1.165, 1.54) is 0 Å². The van der Waals surface area contributed by atoms with Gasteiger partial charge in [0.25, 0.3) is 0 Å². The zero-order valence-corrected chi connectivity index (χ0v) is 8.57. The predicted molar refractivity (Wildman–Crippen MR) is 50.6 cm³/mol. The lowest BCUT2D eigenvalue weighted by Crippen LogP contribution is -2.27. The summed E-state index contributed by atoms with van der Waals surface area (Å²) in [7, 11) is 0. The number of hydrogen-bond acceptors (Lipinski definition) is 4. The normalized spacial score (nSPS) is 27.3. The van der Waals surface area contributed by atoms with Gasteiger partial charge in [-0.25, -0.2) is 0 Å². The van der Waals surface area contributed by atoms with E-state index in [0.717, 1.165) is 12.8 Å². The molecule has 4 heteroatoms. The van der Waals surface area contributed by atoms with E-state index >= 15 is 0 Å². The monoisotopic (exact) mass is 202 g/mol. The van der Waals surface area contributed by atoms with Crippen molar-refractivity contribution >= 4 is 5.97 Å². The third kappa shape index (κ3) is 4.07. The smallest absolute Gasteiger partial charge is 0.305 e. The van der Waals surface area contributed by atoms with Crippen LogP contribution < -0.4 is 0 Å². The second-order valence-electron chi connectivity index (χ2n) is 3.49. The van der Waals surface area contributed by atoms with Crippen LogP contribution in [0.2, 0.25) is 0 Å². The van der Waals surface area contributed by atoms with Gasteiger partial charge in [0.05, 0.1) is 12.7 Å². The van der Waals surface area contributed by atoms with Gasteiger partial charge >= 0.3 is 5.97 Å². The highest BCUT2D eigenvalue weighted by molar-refractivity contribution is 5.69. The van der Waals surface area contributed by atoms with Gasteiger partial charge < -0.3 is 14.6 Å². The van der Waals surface area contributed by atoms with Crippen molar-refractivity contribution in [1.29, 1.82) is 0 Å².